The Morgan fingerprint density at radius 1 is 0.941 bits per heavy atom. The van der Waals surface area contributed by atoms with Gasteiger partial charge in [-0.15, -0.1) is 0 Å². The summed E-state index contributed by atoms with van der Waals surface area (Å²) >= 11 is 0. The summed E-state index contributed by atoms with van der Waals surface area (Å²) in [4.78, 5) is 0. The first-order valence-corrected chi connectivity index (χ1v) is 7.93. The van der Waals surface area contributed by atoms with Crippen LogP contribution in [0.3, 0.4) is 0 Å². The quantitative estimate of drug-likeness (QED) is 0.650. The molecule has 0 N–H and O–H groups in total. The minimum Gasteiger partial charge on any atom is -0.326 e. The van der Waals surface area contributed by atoms with E-state index in [2.05, 4.69) is 20.9 Å². The summed E-state index contributed by atoms with van der Waals surface area (Å²) in [6, 6.07) is 0. The molecule has 100 valence electrons. The van der Waals surface area contributed by atoms with Gasteiger partial charge in [0.2, 0.25) is 0 Å². The second kappa shape index (κ2) is 5.73. The molecule has 1 saturated heterocycles. The predicted octanol–water partition coefficient (Wildman–Crippen LogP) is 4.08. The lowest BCUT2D eigenvalue weighted by atomic mass is 9.76. The molecule has 1 heterocycles. The molecular formula is C16H32N+. The summed E-state index contributed by atoms with van der Waals surface area (Å²) in [5.74, 6) is 2.97. The van der Waals surface area contributed by atoms with Gasteiger partial charge >= 0.3 is 0 Å². The van der Waals surface area contributed by atoms with Gasteiger partial charge in [-0.05, 0) is 56.8 Å². The van der Waals surface area contributed by atoms with Crippen molar-refractivity contribution in [1.82, 2.24) is 0 Å². The summed E-state index contributed by atoms with van der Waals surface area (Å²) in [5, 5.41) is 0. The zero-order valence-electron chi connectivity index (χ0n) is 12.3. The van der Waals surface area contributed by atoms with Crippen LogP contribution in [0.15, 0.2) is 0 Å². The summed E-state index contributed by atoms with van der Waals surface area (Å²) in [6.45, 7) is 9.19. The van der Waals surface area contributed by atoms with Gasteiger partial charge in [-0.2, -0.15) is 0 Å². The smallest absolute Gasteiger partial charge is 0.0813 e. The van der Waals surface area contributed by atoms with Crippen molar-refractivity contribution in [3.8, 4) is 0 Å². The second-order valence-corrected chi connectivity index (χ2v) is 7.33. The molecule has 1 aliphatic heterocycles. The third kappa shape index (κ3) is 3.71. The molecule has 1 heteroatoms. The van der Waals surface area contributed by atoms with Gasteiger partial charge < -0.3 is 4.48 Å². The summed E-state index contributed by atoms with van der Waals surface area (Å²) < 4.78 is 1.39. The van der Waals surface area contributed by atoms with Gasteiger partial charge in [0.05, 0.1) is 26.7 Å². The molecule has 1 nitrogen and oxygen atoms in total. The van der Waals surface area contributed by atoms with E-state index in [1.807, 2.05) is 0 Å². The van der Waals surface area contributed by atoms with E-state index in [4.69, 9.17) is 0 Å². The van der Waals surface area contributed by atoms with Gasteiger partial charge in [-0.3, -0.25) is 0 Å². The Morgan fingerprint density at radius 2 is 1.53 bits per heavy atom. The highest BCUT2D eigenvalue weighted by molar-refractivity contribution is 4.74. The Bertz CT molecular complexity index is 220. The maximum atomic E-state index is 2.51. The molecule has 0 atom stereocenters. The van der Waals surface area contributed by atoms with Gasteiger partial charge in [0.1, 0.15) is 0 Å². The molecule has 1 saturated carbocycles. The highest BCUT2D eigenvalue weighted by Gasteiger charge is 2.31. The number of nitrogens with zero attached hydrogens (tertiary/aromatic N) is 1. The Morgan fingerprint density at radius 3 is 2.06 bits per heavy atom. The average Bonchev–Trinajstić information content (AvgIpc) is 2.30. The molecule has 0 aromatic rings. The van der Waals surface area contributed by atoms with E-state index < -0.39 is 0 Å². The predicted molar refractivity (Wildman–Crippen MR) is 74.9 cm³/mol. The molecule has 2 fully saturated rings. The first-order valence-electron chi connectivity index (χ1n) is 7.93. The van der Waals surface area contributed by atoms with Crippen LogP contribution in [0.2, 0.25) is 0 Å². The van der Waals surface area contributed by atoms with Crippen LogP contribution in [0.1, 0.15) is 58.8 Å². The molecule has 0 aromatic carbocycles. The minimum absolute atomic E-state index is 0.913. The van der Waals surface area contributed by atoms with Crippen LogP contribution in [0, 0.1) is 17.8 Å². The number of rotatable bonds is 3. The van der Waals surface area contributed by atoms with Crippen LogP contribution in [0.5, 0.6) is 0 Å². The van der Waals surface area contributed by atoms with E-state index in [1.165, 1.54) is 69.1 Å². The van der Waals surface area contributed by atoms with Crippen LogP contribution in [-0.4, -0.2) is 31.2 Å². The zero-order valence-corrected chi connectivity index (χ0v) is 12.3. The highest BCUT2D eigenvalue weighted by Crippen LogP contribution is 2.34. The van der Waals surface area contributed by atoms with Gasteiger partial charge in [0.15, 0.2) is 0 Å². The summed E-state index contributed by atoms with van der Waals surface area (Å²) in [7, 11) is 2.51. The largest absolute Gasteiger partial charge is 0.326 e. The lowest BCUT2D eigenvalue weighted by Gasteiger charge is -2.42. The fraction of sp³-hybridized carbons (Fsp3) is 1.00. The van der Waals surface area contributed by atoms with Crippen molar-refractivity contribution in [2.75, 3.05) is 26.7 Å². The maximum Gasteiger partial charge on any atom is 0.0813 e. The first kappa shape index (κ1) is 13.4. The molecule has 1 aliphatic carbocycles. The molecule has 0 unspecified atom stereocenters. The molecule has 2 aliphatic rings. The lowest BCUT2D eigenvalue weighted by molar-refractivity contribution is -0.917. The Balaban J connectivity index is 1.77. The van der Waals surface area contributed by atoms with E-state index in [-0.39, 0.29) is 0 Å². The molecule has 0 bridgehead atoms. The van der Waals surface area contributed by atoms with Crippen LogP contribution in [0.4, 0.5) is 0 Å². The van der Waals surface area contributed by atoms with Crippen molar-refractivity contribution < 1.29 is 4.48 Å². The minimum atomic E-state index is 0.913. The Labute approximate surface area is 108 Å². The number of hydrogen-bond donors (Lipinski definition) is 0. The molecule has 0 amide bonds. The monoisotopic (exact) mass is 238 g/mol. The molecular weight excluding hydrogens is 206 g/mol. The zero-order chi connectivity index (χ0) is 12.3. The highest BCUT2D eigenvalue weighted by atomic mass is 15.3. The molecule has 2 rings (SSSR count). The average molecular weight is 238 g/mol. The van der Waals surface area contributed by atoms with Crippen LogP contribution in [-0.2, 0) is 0 Å². The fourth-order valence-electron chi connectivity index (χ4n) is 4.12. The van der Waals surface area contributed by atoms with E-state index in [9.17, 15) is 0 Å². The van der Waals surface area contributed by atoms with Gasteiger partial charge in [0.25, 0.3) is 0 Å². The number of quaternary nitrogens is 1. The third-order valence-electron chi connectivity index (χ3n) is 5.43. The van der Waals surface area contributed by atoms with Gasteiger partial charge in [0, 0.05) is 5.92 Å². The van der Waals surface area contributed by atoms with Gasteiger partial charge in [-0.1, -0.05) is 13.8 Å². The van der Waals surface area contributed by atoms with E-state index >= 15 is 0 Å². The maximum absolute atomic E-state index is 2.51. The van der Waals surface area contributed by atoms with Crippen molar-refractivity contribution in [2.24, 2.45) is 17.8 Å². The van der Waals surface area contributed by atoms with E-state index in [0.29, 0.717) is 0 Å². The summed E-state index contributed by atoms with van der Waals surface area (Å²) in [6.07, 6.45) is 10.4. The normalized spacial score (nSPS) is 33.9. The number of likely N-dealkylation sites (tertiary alicyclic amines) is 1. The van der Waals surface area contributed by atoms with E-state index in [0.717, 1.165) is 17.8 Å². The first-order chi connectivity index (χ1) is 8.09. The van der Waals surface area contributed by atoms with Crippen molar-refractivity contribution in [1.29, 1.82) is 0 Å². The van der Waals surface area contributed by atoms with Gasteiger partial charge in [-0.25, -0.2) is 0 Å². The third-order valence-corrected chi connectivity index (χ3v) is 5.43. The Kier molecular flexibility index (Phi) is 4.52. The topological polar surface area (TPSA) is 0 Å². The standard InChI is InChI=1S/C16H32N/c1-14(2)16-9-7-15(8-10-16)13-17(3)11-5-4-6-12-17/h14-16H,4-13H2,1-3H3/q+1. The van der Waals surface area contributed by atoms with Crippen LogP contribution in [0.25, 0.3) is 0 Å². The summed E-state index contributed by atoms with van der Waals surface area (Å²) in [5.41, 5.74) is 0. The lowest BCUT2D eigenvalue weighted by Crippen LogP contribution is -2.51. The SMILES string of the molecule is CC(C)C1CCC(C[N+]2(C)CCCCC2)CC1. The molecule has 0 spiro atoms. The number of hydrogen-bond acceptors (Lipinski definition) is 0. The molecule has 0 aromatic heterocycles. The van der Waals surface area contributed by atoms with Crippen LogP contribution < -0.4 is 0 Å². The van der Waals surface area contributed by atoms with Crippen molar-refractivity contribution in [2.45, 2.75) is 58.8 Å². The molecule has 0 radical (unpaired) electrons. The Hall–Kier alpha value is -0.0400. The van der Waals surface area contributed by atoms with Crippen molar-refractivity contribution >= 4 is 0 Å². The number of piperidine rings is 1. The van der Waals surface area contributed by atoms with E-state index in [1.54, 1.807) is 0 Å². The van der Waals surface area contributed by atoms with Crippen molar-refractivity contribution in [3.63, 3.8) is 0 Å². The second-order valence-electron chi connectivity index (χ2n) is 7.33. The van der Waals surface area contributed by atoms with Crippen LogP contribution >= 0.6 is 0 Å². The fourth-order valence-corrected chi connectivity index (χ4v) is 4.12. The van der Waals surface area contributed by atoms with Crippen molar-refractivity contribution in [3.05, 3.63) is 0 Å². The molecule has 17 heavy (non-hydrogen) atoms.